The summed E-state index contributed by atoms with van der Waals surface area (Å²) in [6.07, 6.45) is 0. The first-order chi connectivity index (χ1) is 9.75. The quantitative estimate of drug-likeness (QED) is 0.758. The van der Waals surface area contributed by atoms with Gasteiger partial charge in [0.05, 0.1) is 11.1 Å². The molecule has 1 aliphatic rings. The van der Waals surface area contributed by atoms with Gasteiger partial charge in [-0.15, -0.1) is 12.4 Å². The number of nitrogens with two attached hydrogens (primary N) is 1. The number of carbonyl (C=O) groups is 3. The smallest absolute Gasteiger partial charge is 0.262 e. The van der Waals surface area contributed by atoms with E-state index in [-0.39, 0.29) is 25.5 Å². The van der Waals surface area contributed by atoms with Crippen LogP contribution in [0.1, 0.15) is 34.6 Å². The first kappa shape index (κ1) is 18.6. The van der Waals surface area contributed by atoms with Gasteiger partial charge >= 0.3 is 0 Å². The molecule has 0 spiro atoms. The minimum Gasteiger partial charge on any atom is -0.348 e. The molecule has 0 saturated heterocycles. The van der Waals surface area contributed by atoms with Crippen molar-refractivity contribution in [3.63, 3.8) is 0 Å². The summed E-state index contributed by atoms with van der Waals surface area (Å²) in [4.78, 5) is 37.3. The minimum absolute atomic E-state index is 0. The molecule has 0 aromatic heterocycles. The Labute approximate surface area is 142 Å². The van der Waals surface area contributed by atoms with Crippen LogP contribution in [0.5, 0.6) is 0 Å². The van der Waals surface area contributed by atoms with Crippen LogP contribution in [-0.2, 0) is 4.79 Å². The average Bonchev–Trinajstić information content (AvgIpc) is 2.63. The van der Waals surface area contributed by atoms with E-state index in [0.29, 0.717) is 15.6 Å². The molecule has 1 aromatic carbocycles. The lowest BCUT2D eigenvalue weighted by molar-refractivity contribution is -0.122. The molecule has 1 aromatic rings. The largest absolute Gasteiger partial charge is 0.348 e. The van der Waals surface area contributed by atoms with Crippen molar-refractivity contribution in [1.29, 1.82) is 0 Å². The summed E-state index contributed by atoms with van der Waals surface area (Å²) in [5.74, 6) is -1.33. The van der Waals surface area contributed by atoms with Crippen LogP contribution in [0.3, 0.4) is 0 Å². The maximum absolute atomic E-state index is 12.2. The molecule has 6 nitrogen and oxygen atoms in total. The molecular formula is C14H17BrClN3O3. The van der Waals surface area contributed by atoms with Gasteiger partial charge in [-0.05, 0) is 32.0 Å². The molecule has 3 N–H and O–H groups in total. The fraction of sp³-hybridized carbons (Fsp3) is 0.357. The monoisotopic (exact) mass is 389 g/mol. The zero-order valence-corrected chi connectivity index (χ0v) is 14.6. The van der Waals surface area contributed by atoms with Crippen LogP contribution in [0.2, 0.25) is 0 Å². The Hall–Kier alpha value is -1.44. The number of nitrogens with one attached hydrogen (secondary N) is 1. The first-order valence-corrected chi connectivity index (χ1v) is 7.21. The number of carbonyl (C=O) groups excluding carboxylic acids is 3. The average molecular weight is 391 g/mol. The molecule has 0 saturated carbocycles. The molecule has 22 heavy (non-hydrogen) atoms. The lowest BCUT2D eigenvalue weighted by atomic mass is 10.1. The molecule has 0 atom stereocenters. The first-order valence-electron chi connectivity index (χ1n) is 6.42. The molecule has 2 rings (SSSR count). The van der Waals surface area contributed by atoms with Gasteiger partial charge in [0.15, 0.2) is 0 Å². The molecule has 0 fully saturated rings. The van der Waals surface area contributed by atoms with E-state index in [9.17, 15) is 14.4 Å². The normalized spacial score (nSPS) is 13.7. The summed E-state index contributed by atoms with van der Waals surface area (Å²) in [5, 5.41) is 2.69. The van der Waals surface area contributed by atoms with E-state index < -0.39 is 23.3 Å². The van der Waals surface area contributed by atoms with Gasteiger partial charge < -0.3 is 11.1 Å². The highest BCUT2D eigenvalue weighted by Gasteiger charge is 2.37. The zero-order chi connectivity index (χ0) is 15.8. The predicted octanol–water partition coefficient (Wildman–Crippen LogP) is 1.32. The number of benzene rings is 1. The number of amides is 3. The van der Waals surface area contributed by atoms with Crippen molar-refractivity contribution in [3.05, 3.63) is 33.8 Å². The fourth-order valence-electron chi connectivity index (χ4n) is 2.02. The third kappa shape index (κ3) is 3.66. The highest BCUT2D eigenvalue weighted by Crippen LogP contribution is 2.25. The number of hydrogen-bond acceptors (Lipinski definition) is 4. The van der Waals surface area contributed by atoms with E-state index >= 15 is 0 Å². The third-order valence-corrected chi connectivity index (χ3v) is 3.72. The highest BCUT2D eigenvalue weighted by atomic mass is 79.9. The van der Waals surface area contributed by atoms with Gasteiger partial charge in [0.1, 0.15) is 6.54 Å². The Morgan fingerprint density at radius 1 is 1.27 bits per heavy atom. The summed E-state index contributed by atoms with van der Waals surface area (Å²) in [7, 11) is 0. The standard InChI is InChI=1S/C14H16BrN3O3.ClH/c1-14(2,7-16)17-11(19)6-18-12(20)9-4-3-8(15)5-10(9)13(18)21;/h3-5H,6-7,16H2,1-2H3,(H,17,19);1H. The van der Waals surface area contributed by atoms with Gasteiger partial charge in [-0.1, -0.05) is 15.9 Å². The Bertz CT molecular complexity index is 634. The maximum Gasteiger partial charge on any atom is 0.262 e. The van der Waals surface area contributed by atoms with Crippen molar-refractivity contribution in [1.82, 2.24) is 10.2 Å². The van der Waals surface area contributed by atoms with Crippen molar-refractivity contribution in [3.8, 4) is 0 Å². The summed E-state index contributed by atoms with van der Waals surface area (Å²) >= 11 is 3.26. The van der Waals surface area contributed by atoms with E-state index in [0.717, 1.165) is 4.90 Å². The molecule has 1 heterocycles. The van der Waals surface area contributed by atoms with Crippen LogP contribution in [0, 0.1) is 0 Å². The van der Waals surface area contributed by atoms with Crippen molar-refractivity contribution in [2.45, 2.75) is 19.4 Å². The SMILES string of the molecule is CC(C)(CN)NC(=O)CN1C(=O)c2ccc(Br)cc2C1=O.Cl. The number of nitrogens with zero attached hydrogens (tertiary/aromatic N) is 1. The summed E-state index contributed by atoms with van der Waals surface area (Å²) in [6, 6.07) is 4.84. The number of fused-ring (bicyclic) bond motifs is 1. The Morgan fingerprint density at radius 3 is 2.45 bits per heavy atom. The number of imide groups is 1. The molecule has 0 radical (unpaired) electrons. The second-order valence-electron chi connectivity index (χ2n) is 5.52. The van der Waals surface area contributed by atoms with E-state index in [4.69, 9.17) is 5.73 Å². The Balaban J connectivity index is 0.00000242. The Morgan fingerprint density at radius 2 is 1.86 bits per heavy atom. The van der Waals surface area contributed by atoms with Crippen molar-refractivity contribution < 1.29 is 14.4 Å². The highest BCUT2D eigenvalue weighted by molar-refractivity contribution is 9.10. The topological polar surface area (TPSA) is 92.5 Å². The lowest BCUT2D eigenvalue weighted by Gasteiger charge is -2.25. The van der Waals surface area contributed by atoms with Gasteiger partial charge in [0.2, 0.25) is 5.91 Å². The van der Waals surface area contributed by atoms with E-state index in [2.05, 4.69) is 21.2 Å². The molecule has 8 heteroatoms. The molecular weight excluding hydrogens is 374 g/mol. The van der Waals surface area contributed by atoms with Gasteiger partial charge in [-0.25, -0.2) is 0 Å². The van der Waals surface area contributed by atoms with Crippen LogP contribution < -0.4 is 11.1 Å². The summed E-state index contributed by atoms with van der Waals surface area (Å²) in [6.45, 7) is 3.48. The minimum atomic E-state index is -0.585. The van der Waals surface area contributed by atoms with Crippen LogP contribution in [0.15, 0.2) is 22.7 Å². The fourth-order valence-corrected chi connectivity index (χ4v) is 2.38. The zero-order valence-electron chi connectivity index (χ0n) is 12.2. The maximum atomic E-state index is 12.2. The number of halogens is 2. The molecule has 0 bridgehead atoms. The Kier molecular flexibility index (Phi) is 5.72. The van der Waals surface area contributed by atoms with E-state index in [1.54, 1.807) is 32.0 Å². The predicted molar refractivity (Wildman–Crippen MR) is 88.0 cm³/mol. The van der Waals surface area contributed by atoms with Gasteiger partial charge in [-0.3, -0.25) is 19.3 Å². The van der Waals surface area contributed by atoms with Crippen molar-refractivity contribution in [2.24, 2.45) is 5.73 Å². The third-order valence-electron chi connectivity index (χ3n) is 3.22. The molecule has 0 aliphatic carbocycles. The van der Waals surface area contributed by atoms with E-state index in [1.807, 2.05) is 0 Å². The van der Waals surface area contributed by atoms with E-state index in [1.165, 1.54) is 0 Å². The van der Waals surface area contributed by atoms with Crippen LogP contribution in [-0.4, -0.2) is 41.2 Å². The van der Waals surface area contributed by atoms with Crippen LogP contribution >= 0.6 is 28.3 Å². The van der Waals surface area contributed by atoms with Gasteiger partial charge in [0.25, 0.3) is 11.8 Å². The molecule has 3 amide bonds. The summed E-state index contributed by atoms with van der Waals surface area (Å²) < 4.78 is 0.706. The second kappa shape index (κ2) is 6.76. The van der Waals surface area contributed by atoms with Gasteiger partial charge in [0, 0.05) is 16.6 Å². The van der Waals surface area contributed by atoms with Crippen LogP contribution in [0.25, 0.3) is 0 Å². The molecule has 120 valence electrons. The molecule has 0 unspecified atom stereocenters. The lowest BCUT2D eigenvalue weighted by Crippen LogP contribution is -2.52. The number of hydrogen-bond donors (Lipinski definition) is 2. The van der Waals surface area contributed by atoms with Crippen LogP contribution in [0.4, 0.5) is 0 Å². The van der Waals surface area contributed by atoms with Crippen molar-refractivity contribution >= 4 is 46.1 Å². The second-order valence-corrected chi connectivity index (χ2v) is 6.44. The van der Waals surface area contributed by atoms with Crippen molar-refractivity contribution in [2.75, 3.05) is 13.1 Å². The van der Waals surface area contributed by atoms with Gasteiger partial charge in [-0.2, -0.15) is 0 Å². The summed E-state index contributed by atoms with van der Waals surface area (Å²) in [5.41, 5.74) is 5.57. The molecule has 1 aliphatic heterocycles. The number of rotatable bonds is 4.